The van der Waals surface area contributed by atoms with E-state index >= 15 is 0 Å². The predicted molar refractivity (Wildman–Crippen MR) is 154 cm³/mol. The third kappa shape index (κ3) is 16.5. The molecule has 3 unspecified atom stereocenters. The van der Waals surface area contributed by atoms with Gasteiger partial charge < -0.3 is 45.5 Å². The summed E-state index contributed by atoms with van der Waals surface area (Å²) >= 11 is 1.90. The summed E-state index contributed by atoms with van der Waals surface area (Å²) in [7, 11) is 0. The van der Waals surface area contributed by atoms with Crippen molar-refractivity contribution in [1.82, 2.24) is 26.6 Å². The van der Waals surface area contributed by atoms with Gasteiger partial charge >= 0.3 is 6.03 Å². The standard InChI is InChI=1S/C27H45N5O8S/c1-2-9-28-24(34)18-40-19-25(35)30-11-6-13-38-15-17-39-16-14-37-12-5-10-29-23(33)8-4-3-7-22-26-21(20-41-22)31-27(36)32-26/h1,21-22,26H,3-20H2,(H,28,34)(H,29,33)(H,30,35)(H2,31,32,36). The van der Waals surface area contributed by atoms with E-state index in [1.807, 2.05) is 11.8 Å². The first-order valence-corrected chi connectivity index (χ1v) is 15.3. The van der Waals surface area contributed by atoms with E-state index in [0.29, 0.717) is 70.8 Å². The highest BCUT2D eigenvalue weighted by Crippen LogP contribution is 2.33. The Balaban J connectivity index is 1.25. The zero-order valence-electron chi connectivity index (χ0n) is 23.7. The summed E-state index contributed by atoms with van der Waals surface area (Å²) in [5.41, 5.74) is 0. The fourth-order valence-corrected chi connectivity index (χ4v) is 5.74. The molecule has 0 aromatic heterocycles. The lowest BCUT2D eigenvalue weighted by Gasteiger charge is -2.16. The van der Waals surface area contributed by atoms with Gasteiger partial charge in [-0.2, -0.15) is 11.8 Å². The minimum absolute atomic E-state index is 0.0634. The van der Waals surface area contributed by atoms with Gasteiger partial charge in [0.2, 0.25) is 17.7 Å². The van der Waals surface area contributed by atoms with Crippen LogP contribution in [-0.4, -0.2) is 119 Å². The summed E-state index contributed by atoms with van der Waals surface area (Å²) in [6, 6.07) is 0.404. The highest BCUT2D eigenvalue weighted by molar-refractivity contribution is 8.00. The molecule has 0 aromatic carbocycles. The van der Waals surface area contributed by atoms with E-state index in [9.17, 15) is 19.2 Å². The molecule has 0 spiro atoms. The van der Waals surface area contributed by atoms with Crippen LogP contribution in [-0.2, 0) is 33.3 Å². The van der Waals surface area contributed by atoms with Crippen molar-refractivity contribution in [1.29, 1.82) is 0 Å². The fraction of sp³-hybridized carbons (Fsp3) is 0.778. The van der Waals surface area contributed by atoms with Crippen molar-refractivity contribution in [2.75, 3.05) is 78.2 Å². The van der Waals surface area contributed by atoms with Crippen molar-refractivity contribution >= 4 is 35.5 Å². The Bertz CT molecular complexity index is 843. The SMILES string of the molecule is C#CCNC(=O)COCC(=O)NCCCOCCOCCOCCCNC(=O)CCCCC1SCC2NC(=O)NC21. The van der Waals surface area contributed by atoms with E-state index < -0.39 is 0 Å². The molecule has 0 aromatic rings. The Morgan fingerprint density at radius 2 is 1.41 bits per heavy atom. The number of terminal acetylenes is 1. The minimum Gasteiger partial charge on any atom is -0.379 e. The molecule has 14 heteroatoms. The first-order chi connectivity index (χ1) is 20.0. The highest BCUT2D eigenvalue weighted by atomic mass is 32.2. The van der Waals surface area contributed by atoms with Crippen molar-refractivity contribution in [3.63, 3.8) is 0 Å². The van der Waals surface area contributed by atoms with E-state index in [4.69, 9.17) is 25.4 Å². The molecule has 2 heterocycles. The van der Waals surface area contributed by atoms with Gasteiger partial charge in [0.1, 0.15) is 13.2 Å². The number of urea groups is 1. The van der Waals surface area contributed by atoms with Crippen LogP contribution in [0.5, 0.6) is 0 Å². The molecule has 232 valence electrons. The van der Waals surface area contributed by atoms with Gasteiger partial charge in [0.05, 0.1) is 45.1 Å². The van der Waals surface area contributed by atoms with Crippen LogP contribution >= 0.6 is 11.8 Å². The number of carbonyl (C=O) groups is 4. The number of carbonyl (C=O) groups excluding carboxylic acids is 4. The lowest BCUT2D eigenvalue weighted by Crippen LogP contribution is -2.36. The predicted octanol–water partition coefficient (Wildman–Crippen LogP) is -0.459. The second kappa shape index (κ2) is 22.1. The molecule has 13 nitrogen and oxygen atoms in total. The van der Waals surface area contributed by atoms with Crippen LogP contribution in [0.3, 0.4) is 0 Å². The molecule has 2 fully saturated rings. The average Bonchev–Trinajstić information content (AvgIpc) is 3.51. The molecule has 5 amide bonds. The molecular weight excluding hydrogens is 554 g/mol. The van der Waals surface area contributed by atoms with Crippen LogP contribution < -0.4 is 26.6 Å². The Morgan fingerprint density at radius 3 is 2.07 bits per heavy atom. The number of amides is 5. The lowest BCUT2D eigenvalue weighted by atomic mass is 10.0. The highest BCUT2D eigenvalue weighted by Gasteiger charge is 2.42. The molecule has 2 saturated heterocycles. The Morgan fingerprint density at radius 1 is 0.805 bits per heavy atom. The van der Waals surface area contributed by atoms with Crippen LogP contribution in [0.2, 0.25) is 0 Å². The number of ether oxygens (including phenoxy) is 4. The number of rotatable bonds is 24. The zero-order chi connectivity index (χ0) is 29.5. The monoisotopic (exact) mass is 599 g/mol. The molecule has 0 saturated carbocycles. The van der Waals surface area contributed by atoms with Crippen molar-refractivity contribution in [3.05, 3.63) is 0 Å². The summed E-state index contributed by atoms with van der Waals surface area (Å²) in [6.07, 6.45) is 9.78. The van der Waals surface area contributed by atoms with Gasteiger partial charge in [-0.05, 0) is 25.7 Å². The summed E-state index contributed by atoms with van der Waals surface area (Å²) in [4.78, 5) is 46.3. The van der Waals surface area contributed by atoms with Crippen LogP contribution in [0.4, 0.5) is 4.79 Å². The van der Waals surface area contributed by atoms with Crippen molar-refractivity contribution in [2.45, 2.75) is 55.9 Å². The third-order valence-electron chi connectivity index (χ3n) is 6.25. The van der Waals surface area contributed by atoms with Crippen LogP contribution in [0.1, 0.15) is 38.5 Å². The van der Waals surface area contributed by atoms with Crippen molar-refractivity contribution in [2.24, 2.45) is 0 Å². The maximum atomic E-state index is 12.0. The van der Waals surface area contributed by atoms with Gasteiger partial charge in [-0.25, -0.2) is 4.79 Å². The molecule has 0 bridgehead atoms. The number of fused-ring (bicyclic) bond motifs is 1. The first kappa shape index (κ1) is 34.6. The Labute approximate surface area is 246 Å². The smallest absolute Gasteiger partial charge is 0.315 e. The topological polar surface area (TPSA) is 165 Å². The van der Waals surface area contributed by atoms with Gasteiger partial charge in [-0.15, -0.1) is 6.42 Å². The van der Waals surface area contributed by atoms with Crippen LogP contribution in [0.15, 0.2) is 0 Å². The summed E-state index contributed by atoms with van der Waals surface area (Å²) < 4.78 is 21.4. The molecule has 2 aliphatic rings. The van der Waals surface area contributed by atoms with Crippen LogP contribution in [0, 0.1) is 12.3 Å². The fourth-order valence-electron chi connectivity index (χ4n) is 4.20. The molecule has 5 N–H and O–H groups in total. The second-order valence-corrected chi connectivity index (χ2v) is 10.9. The average molecular weight is 600 g/mol. The normalized spacial score (nSPS) is 19.1. The molecule has 3 atom stereocenters. The van der Waals surface area contributed by atoms with Crippen molar-refractivity contribution in [3.8, 4) is 12.3 Å². The van der Waals surface area contributed by atoms with Gasteiger partial charge in [0.15, 0.2) is 0 Å². The number of hydrogen-bond acceptors (Lipinski definition) is 9. The molecular formula is C27H45N5O8S. The van der Waals surface area contributed by atoms with Gasteiger partial charge in [-0.3, -0.25) is 14.4 Å². The van der Waals surface area contributed by atoms with E-state index in [1.54, 1.807) is 0 Å². The molecule has 41 heavy (non-hydrogen) atoms. The second-order valence-electron chi connectivity index (χ2n) is 9.59. The first-order valence-electron chi connectivity index (χ1n) is 14.2. The minimum atomic E-state index is -0.366. The summed E-state index contributed by atoms with van der Waals surface area (Å²) in [5.74, 6) is 2.63. The number of thioether (sulfide) groups is 1. The zero-order valence-corrected chi connectivity index (χ0v) is 24.5. The molecule has 2 rings (SSSR count). The largest absolute Gasteiger partial charge is 0.379 e. The van der Waals surface area contributed by atoms with E-state index in [1.165, 1.54) is 0 Å². The maximum Gasteiger partial charge on any atom is 0.315 e. The number of nitrogens with one attached hydrogen (secondary N) is 5. The quantitative estimate of drug-likeness (QED) is 0.0561. The van der Waals surface area contributed by atoms with Gasteiger partial charge in [0, 0.05) is 43.7 Å². The molecule has 0 aliphatic carbocycles. The van der Waals surface area contributed by atoms with E-state index in [-0.39, 0.29) is 55.6 Å². The summed E-state index contributed by atoms with van der Waals surface area (Å²) in [5, 5.41) is 14.4. The molecule has 0 radical (unpaired) electrons. The molecule has 2 aliphatic heterocycles. The summed E-state index contributed by atoms with van der Waals surface area (Å²) in [6.45, 7) is 3.63. The van der Waals surface area contributed by atoms with E-state index in [0.717, 1.165) is 31.4 Å². The third-order valence-corrected chi connectivity index (χ3v) is 7.76. The maximum absolute atomic E-state index is 12.0. The van der Waals surface area contributed by atoms with Crippen molar-refractivity contribution < 1.29 is 38.1 Å². The number of hydrogen-bond donors (Lipinski definition) is 5. The Kier molecular flexibility index (Phi) is 18.7. The Hall–Kier alpha value is -2.57. The van der Waals surface area contributed by atoms with Crippen LogP contribution in [0.25, 0.3) is 0 Å². The number of unbranched alkanes of at least 4 members (excludes halogenated alkanes) is 1. The van der Waals surface area contributed by atoms with E-state index in [2.05, 4.69) is 32.5 Å². The van der Waals surface area contributed by atoms with Gasteiger partial charge in [-0.1, -0.05) is 12.3 Å². The lowest BCUT2D eigenvalue weighted by molar-refractivity contribution is -0.130. The van der Waals surface area contributed by atoms with Gasteiger partial charge in [0.25, 0.3) is 0 Å².